The van der Waals surface area contributed by atoms with Crippen LogP contribution in [0.5, 0.6) is 0 Å². The van der Waals surface area contributed by atoms with Gasteiger partial charge in [0.05, 0.1) is 35.1 Å². The maximum Gasteiger partial charge on any atom is 0.454 e. The third-order valence-corrected chi connectivity index (χ3v) is 6.25. The molecule has 11 heteroatoms. The molecule has 1 amide bonds. The molecule has 33 heavy (non-hydrogen) atoms. The predicted octanol–water partition coefficient (Wildman–Crippen LogP) is 3.07. The van der Waals surface area contributed by atoms with E-state index in [4.69, 9.17) is 21.7 Å². The fourth-order valence-electron chi connectivity index (χ4n) is 4.13. The van der Waals surface area contributed by atoms with Crippen LogP contribution in [-0.4, -0.2) is 82.8 Å². The summed E-state index contributed by atoms with van der Waals surface area (Å²) in [4.78, 5) is 31.5. The minimum Gasteiger partial charge on any atom is -0.360 e. The highest BCUT2D eigenvalue weighted by molar-refractivity contribution is 6.31. The number of carbonyl (C=O) groups is 2. The Bertz CT molecular complexity index is 930. The number of pyridine rings is 1. The number of hydrogen-bond acceptors (Lipinski definition) is 6. The van der Waals surface area contributed by atoms with Crippen LogP contribution in [-0.2, 0) is 20.7 Å². The van der Waals surface area contributed by atoms with Crippen molar-refractivity contribution in [3.8, 4) is 0 Å². The van der Waals surface area contributed by atoms with Crippen molar-refractivity contribution in [2.45, 2.75) is 44.1 Å². The quantitative estimate of drug-likeness (QED) is 0.473. The van der Waals surface area contributed by atoms with Crippen LogP contribution in [0, 0.1) is 5.41 Å². The van der Waals surface area contributed by atoms with Crippen LogP contribution < -0.4 is 0 Å². The van der Waals surface area contributed by atoms with Crippen molar-refractivity contribution in [2.75, 3.05) is 32.7 Å². The number of aromatic nitrogens is 1. The molecule has 0 aliphatic carbocycles. The van der Waals surface area contributed by atoms with E-state index in [0.29, 0.717) is 30.4 Å². The Kier molecular flexibility index (Phi) is 7.92. The Morgan fingerprint density at radius 3 is 2.70 bits per heavy atom. The van der Waals surface area contributed by atoms with Crippen molar-refractivity contribution < 1.29 is 27.5 Å². The number of allylic oxidation sites excluding steroid dienone is 1. The summed E-state index contributed by atoms with van der Waals surface area (Å²) < 4.78 is 43.1. The molecular formula is C22H26ClF3N4O3. The predicted molar refractivity (Wildman–Crippen MR) is 116 cm³/mol. The topological polar surface area (TPSA) is 86.6 Å². The fourth-order valence-corrected chi connectivity index (χ4v) is 4.35. The number of amides is 1. The van der Waals surface area contributed by atoms with Gasteiger partial charge in [0.2, 0.25) is 0 Å². The second-order valence-electron chi connectivity index (χ2n) is 8.38. The first kappa shape index (κ1) is 25.3. The van der Waals surface area contributed by atoms with Gasteiger partial charge in [0.25, 0.3) is 11.7 Å². The van der Waals surface area contributed by atoms with Gasteiger partial charge in [-0.05, 0) is 44.1 Å². The fraction of sp³-hybridized carbons (Fsp3) is 0.545. The molecule has 3 rings (SSSR count). The lowest BCUT2D eigenvalue weighted by Gasteiger charge is -2.49. The molecule has 1 aromatic heterocycles. The molecular weight excluding hydrogens is 461 g/mol. The van der Waals surface area contributed by atoms with Crippen LogP contribution in [0.15, 0.2) is 30.5 Å². The number of carbonyl (C=O) groups excluding carboxylic acids is 2. The lowest BCUT2D eigenvalue weighted by Crippen LogP contribution is -2.62. The van der Waals surface area contributed by atoms with Gasteiger partial charge in [-0.15, -0.1) is 0 Å². The molecule has 1 atom stereocenters. The van der Waals surface area contributed by atoms with Crippen molar-refractivity contribution in [3.63, 3.8) is 0 Å². The molecule has 7 nitrogen and oxygen atoms in total. The summed E-state index contributed by atoms with van der Waals surface area (Å²) in [6.07, 6.45) is -0.818. The van der Waals surface area contributed by atoms with E-state index in [9.17, 15) is 22.8 Å². The summed E-state index contributed by atoms with van der Waals surface area (Å²) in [6.45, 7) is 3.98. The van der Waals surface area contributed by atoms with E-state index in [0.717, 1.165) is 31.4 Å². The van der Waals surface area contributed by atoms with Crippen molar-refractivity contribution in [1.29, 1.82) is 5.41 Å². The van der Waals surface area contributed by atoms with Gasteiger partial charge in [-0.2, -0.15) is 13.2 Å². The van der Waals surface area contributed by atoms with E-state index in [2.05, 4.69) is 9.88 Å². The standard InChI is InChI=1S/C22H26ClF3N4O3/c1-15-20(32)30(13-16(27)4-5-19(31)22(24,25)26)14-21(33-15)7-11-29(12-8-21)10-6-18-17(23)3-2-9-28-18/h2-5,9,15,27H,6-8,10-14H2,1H3/b5-4-,27-16?. The first-order valence-electron chi connectivity index (χ1n) is 10.6. The average Bonchev–Trinajstić information content (AvgIpc) is 2.75. The van der Waals surface area contributed by atoms with Crippen LogP contribution in [0.2, 0.25) is 5.02 Å². The van der Waals surface area contributed by atoms with Crippen LogP contribution in [0.25, 0.3) is 0 Å². The average molecular weight is 487 g/mol. The van der Waals surface area contributed by atoms with Gasteiger partial charge in [0.15, 0.2) is 0 Å². The molecule has 1 spiro atoms. The van der Waals surface area contributed by atoms with Crippen molar-refractivity contribution in [3.05, 3.63) is 41.2 Å². The van der Waals surface area contributed by atoms with E-state index >= 15 is 0 Å². The van der Waals surface area contributed by atoms with Crippen LogP contribution in [0.3, 0.4) is 0 Å². The third-order valence-electron chi connectivity index (χ3n) is 5.91. The Labute approximate surface area is 195 Å². The smallest absolute Gasteiger partial charge is 0.360 e. The van der Waals surface area contributed by atoms with E-state index in [1.807, 2.05) is 6.07 Å². The molecule has 180 valence electrons. The SMILES string of the molecule is CC1OC2(CCN(CCc3ncccc3Cl)CC2)CN(CC(=N)/C=C\C(=O)C(F)(F)F)C1=O. The molecule has 1 N–H and O–H groups in total. The van der Waals surface area contributed by atoms with E-state index in [1.54, 1.807) is 19.2 Å². The Balaban J connectivity index is 1.55. The maximum atomic E-state index is 12.5. The molecule has 1 unspecified atom stereocenters. The summed E-state index contributed by atoms with van der Waals surface area (Å²) >= 11 is 6.17. The number of ketones is 1. The van der Waals surface area contributed by atoms with E-state index < -0.39 is 23.7 Å². The highest BCUT2D eigenvalue weighted by Gasteiger charge is 2.45. The normalized spacial score (nSPS) is 21.7. The summed E-state index contributed by atoms with van der Waals surface area (Å²) in [6, 6.07) is 3.60. The lowest BCUT2D eigenvalue weighted by molar-refractivity contribution is -0.188. The summed E-state index contributed by atoms with van der Waals surface area (Å²) in [7, 11) is 0. The van der Waals surface area contributed by atoms with Gasteiger partial charge in [-0.1, -0.05) is 11.6 Å². The van der Waals surface area contributed by atoms with Crippen LogP contribution in [0.4, 0.5) is 13.2 Å². The highest BCUT2D eigenvalue weighted by atomic mass is 35.5. The minimum atomic E-state index is -4.99. The molecule has 0 aromatic carbocycles. The van der Waals surface area contributed by atoms with Gasteiger partial charge in [0, 0.05) is 32.3 Å². The largest absolute Gasteiger partial charge is 0.454 e. The second-order valence-corrected chi connectivity index (χ2v) is 8.79. The minimum absolute atomic E-state index is 0.183. The highest BCUT2D eigenvalue weighted by Crippen LogP contribution is 2.33. The molecule has 2 aliphatic rings. The Morgan fingerprint density at radius 2 is 2.06 bits per heavy atom. The molecule has 2 aliphatic heterocycles. The number of nitrogens with one attached hydrogen (secondary N) is 1. The molecule has 2 saturated heterocycles. The maximum absolute atomic E-state index is 12.5. The number of nitrogens with zero attached hydrogens (tertiary/aromatic N) is 3. The van der Waals surface area contributed by atoms with Gasteiger partial charge < -0.3 is 19.9 Å². The molecule has 2 fully saturated rings. The number of ether oxygens (including phenoxy) is 1. The zero-order valence-electron chi connectivity index (χ0n) is 18.2. The lowest BCUT2D eigenvalue weighted by atomic mass is 9.88. The molecule has 1 aromatic rings. The number of piperidine rings is 1. The van der Waals surface area contributed by atoms with Crippen molar-refractivity contribution in [1.82, 2.24) is 14.8 Å². The third kappa shape index (κ3) is 6.61. The molecule has 0 radical (unpaired) electrons. The summed E-state index contributed by atoms with van der Waals surface area (Å²) in [5.41, 5.74) is 0.0161. The second kappa shape index (κ2) is 10.3. The zero-order chi connectivity index (χ0) is 24.2. The van der Waals surface area contributed by atoms with Crippen molar-refractivity contribution in [2.24, 2.45) is 0 Å². The zero-order valence-corrected chi connectivity index (χ0v) is 19.0. The number of halogens is 4. The molecule has 0 saturated carbocycles. The number of hydrogen-bond donors (Lipinski definition) is 1. The number of alkyl halides is 3. The number of likely N-dealkylation sites (tertiary alicyclic amines) is 1. The van der Waals surface area contributed by atoms with Crippen LogP contribution >= 0.6 is 11.6 Å². The van der Waals surface area contributed by atoms with Crippen LogP contribution in [0.1, 0.15) is 25.5 Å². The first-order chi connectivity index (χ1) is 15.5. The van der Waals surface area contributed by atoms with Gasteiger partial charge in [-0.3, -0.25) is 14.6 Å². The monoisotopic (exact) mass is 486 g/mol. The van der Waals surface area contributed by atoms with Gasteiger partial charge in [0.1, 0.15) is 6.10 Å². The molecule has 0 bridgehead atoms. The molecule has 3 heterocycles. The Hall–Kier alpha value is -2.30. The van der Waals surface area contributed by atoms with Gasteiger partial charge >= 0.3 is 6.18 Å². The summed E-state index contributed by atoms with van der Waals surface area (Å²) in [5.74, 6) is -2.36. The summed E-state index contributed by atoms with van der Waals surface area (Å²) in [5, 5.41) is 8.54. The van der Waals surface area contributed by atoms with Gasteiger partial charge in [-0.25, -0.2) is 0 Å². The number of morpholine rings is 1. The first-order valence-corrected chi connectivity index (χ1v) is 11.0. The number of rotatable bonds is 7. The van der Waals surface area contributed by atoms with Crippen molar-refractivity contribution >= 4 is 29.0 Å². The van der Waals surface area contributed by atoms with E-state index in [1.165, 1.54) is 4.90 Å². The van der Waals surface area contributed by atoms with E-state index in [-0.39, 0.29) is 24.7 Å². The Morgan fingerprint density at radius 1 is 1.36 bits per heavy atom.